The highest BCUT2D eigenvalue weighted by Crippen LogP contribution is 2.26. The molecule has 1 fully saturated rings. The van der Waals surface area contributed by atoms with Gasteiger partial charge in [0.1, 0.15) is 0 Å². The van der Waals surface area contributed by atoms with Gasteiger partial charge in [-0.25, -0.2) is 4.98 Å². The van der Waals surface area contributed by atoms with Crippen molar-refractivity contribution in [3.05, 3.63) is 47.0 Å². The second-order valence-corrected chi connectivity index (χ2v) is 6.25. The summed E-state index contributed by atoms with van der Waals surface area (Å²) in [6, 6.07) is 8.03. The van der Waals surface area contributed by atoms with E-state index < -0.39 is 0 Å². The predicted molar refractivity (Wildman–Crippen MR) is 86.0 cm³/mol. The van der Waals surface area contributed by atoms with Gasteiger partial charge in [-0.15, -0.1) is 11.3 Å². The van der Waals surface area contributed by atoms with Gasteiger partial charge in [0.05, 0.1) is 0 Å². The minimum absolute atomic E-state index is 0.000916. The molecule has 1 amide bonds. The van der Waals surface area contributed by atoms with E-state index in [9.17, 15) is 4.79 Å². The zero-order chi connectivity index (χ0) is 14.7. The van der Waals surface area contributed by atoms with Crippen molar-refractivity contribution in [2.75, 3.05) is 18.0 Å². The SMILES string of the molecule is Cc1ccc(C(=O)NCC2CCCN2c2nccs2)cc1. The molecule has 0 spiro atoms. The molecule has 0 radical (unpaired) electrons. The van der Waals surface area contributed by atoms with Gasteiger partial charge in [-0.3, -0.25) is 4.79 Å². The quantitative estimate of drug-likeness (QED) is 0.944. The molecule has 1 aromatic carbocycles. The number of aromatic nitrogens is 1. The summed E-state index contributed by atoms with van der Waals surface area (Å²) in [5.74, 6) is 0.000916. The molecule has 0 bridgehead atoms. The van der Waals surface area contributed by atoms with E-state index in [-0.39, 0.29) is 5.91 Å². The summed E-state index contributed by atoms with van der Waals surface area (Å²) in [4.78, 5) is 18.8. The molecule has 4 nitrogen and oxygen atoms in total. The summed E-state index contributed by atoms with van der Waals surface area (Å²) in [5, 5.41) is 6.10. The minimum atomic E-state index is 0.000916. The first kappa shape index (κ1) is 14.1. The van der Waals surface area contributed by atoms with Crippen LogP contribution in [-0.4, -0.2) is 30.0 Å². The largest absolute Gasteiger partial charge is 0.350 e. The molecule has 5 heteroatoms. The highest BCUT2D eigenvalue weighted by molar-refractivity contribution is 7.13. The second-order valence-electron chi connectivity index (χ2n) is 5.38. The fourth-order valence-electron chi connectivity index (χ4n) is 2.68. The Morgan fingerprint density at radius 3 is 2.95 bits per heavy atom. The van der Waals surface area contributed by atoms with Crippen molar-refractivity contribution < 1.29 is 4.79 Å². The van der Waals surface area contributed by atoms with Gasteiger partial charge >= 0.3 is 0 Å². The van der Waals surface area contributed by atoms with Crippen LogP contribution in [0.3, 0.4) is 0 Å². The molecule has 1 unspecified atom stereocenters. The lowest BCUT2D eigenvalue weighted by Crippen LogP contribution is -2.40. The van der Waals surface area contributed by atoms with Gasteiger partial charge in [0, 0.05) is 36.3 Å². The van der Waals surface area contributed by atoms with Crippen molar-refractivity contribution in [1.82, 2.24) is 10.3 Å². The summed E-state index contributed by atoms with van der Waals surface area (Å²) < 4.78 is 0. The van der Waals surface area contributed by atoms with E-state index in [1.54, 1.807) is 11.3 Å². The van der Waals surface area contributed by atoms with Crippen molar-refractivity contribution in [3.63, 3.8) is 0 Å². The summed E-state index contributed by atoms with van der Waals surface area (Å²) in [6.07, 6.45) is 4.10. The summed E-state index contributed by atoms with van der Waals surface area (Å²) in [5.41, 5.74) is 1.89. The van der Waals surface area contributed by atoms with Crippen LogP contribution in [0.25, 0.3) is 0 Å². The highest BCUT2D eigenvalue weighted by Gasteiger charge is 2.26. The molecule has 1 saturated heterocycles. The van der Waals surface area contributed by atoms with Crippen molar-refractivity contribution in [2.45, 2.75) is 25.8 Å². The van der Waals surface area contributed by atoms with E-state index in [4.69, 9.17) is 0 Å². The van der Waals surface area contributed by atoms with Crippen LogP contribution >= 0.6 is 11.3 Å². The Hall–Kier alpha value is -1.88. The van der Waals surface area contributed by atoms with Gasteiger partial charge in [0.25, 0.3) is 5.91 Å². The Kier molecular flexibility index (Phi) is 4.20. The van der Waals surface area contributed by atoms with Crippen molar-refractivity contribution >= 4 is 22.4 Å². The number of carbonyl (C=O) groups excluding carboxylic acids is 1. The third-order valence-electron chi connectivity index (χ3n) is 3.85. The van der Waals surface area contributed by atoms with Gasteiger partial charge in [0.2, 0.25) is 0 Å². The van der Waals surface area contributed by atoms with Crippen LogP contribution in [0.2, 0.25) is 0 Å². The average Bonchev–Trinajstić information content (AvgIpc) is 3.16. The summed E-state index contributed by atoms with van der Waals surface area (Å²) in [7, 11) is 0. The fraction of sp³-hybridized carbons (Fsp3) is 0.375. The van der Waals surface area contributed by atoms with Gasteiger partial charge in [-0.05, 0) is 31.9 Å². The molecule has 1 atom stereocenters. The summed E-state index contributed by atoms with van der Waals surface area (Å²) >= 11 is 1.66. The van der Waals surface area contributed by atoms with Crippen LogP contribution in [0.1, 0.15) is 28.8 Å². The van der Waals surface area contributed by atoms with E-state index >= 15 is 0 Å². The normalized spacial score (nSPS) is 18.0. The smallest absolute Gasteiger partial charge is 0.251 e. The van der Waals surface area contributed by atoms with Crippen LogP contribution in [0.4, 0.5) is 5.13 Å². The highest BCUT2D eigenvalue weighted by atomic mass is 32.1. The molecule has 110 valence electrons. The molecular weight excluding hydrogens is 282 g/mol. The van der Waals surface area contributed by atoms with Gasteiger partial charge in [-0.2, -0.15) is 0 Å². The summed E-state index contributed by atoms with van der Waals surface area (Å²) in [6.45, 7) is 3.72. The lowest BCUT2D eigenvalue weighted by atomic mass is 10.1. The number of hydrogen-bond donors (Lipinski definition) is 1. The maximum atomic E-state index is 12.2. The van der Waals surface area contributed by atoms with Crippen LogP contribution in [-0.2, 0) is 0 Å². The van der Waals surface area contributed by atoms with Crippen LogP contribution in [0, 0.1) is 6.92 Å². The second kappa shape index (κ2) is 6.26. The number of nitrogens with zero attached hydrogens (tertiary/aromatic N) is 2. The minimum Gasteiger partial charge on any atom is -0.350 e. The number of carbonyl (C=O) groups is 1. The third-order valence-corrected chi connectivity index (χ3v) is 4.66. The van der Waals surface area contributed by atoms with Crippen LogP contribution < -0.4 is 10.2 Å². The van der Waals surface area contributed by atoms with Crippen molar-refractivity contribution in [1.29, 1.82) is 0 Å². The standard InChI is InChI=1S/C16H19N3OS/c1-12-4-6-13(7-5-12)15(20)18-11-14-3-2-9-19(14)16-17-8-10-21-16/h4-8,10,14H,2-3,9,11H2,1H3,(H,18,20). The molecule has 1 aliphatic heterocycles. The molecule has 1 aromatic heterocycles. The number of rotatable bonds is 4. The molecule has 0 saturated carbocycles. The zero-order valence-electron chi connectivity index (χ0n) is 12.1. The number of anilines is 1. The Balaban J connectivity index is 1.59. The predicted octanol–water partition coefficient (Wildman–Crippen LogP) is 2.85. The van der Waals surface area contributed by atoms with Crippen molar-refractivity contribution in [3.8, 4) is 0 Å². The van der Waals surface area contributed by atoms with E-state index in [0.717, 1.165) is 35.6 Å². The first-order chi connectivity index (χ1) is 10.2. The molecule has 21 heavy (non-hydrogen) atoms. The number of hydrogen-bond acceptors (Lipinski definition) is 4. The van der Waals surface area contributed by atoms with Gasteiger partial charge < -0.3 is 10.2 Å². The third kappa shape index (κ3) is 3.24. The average molecular weight is 301 g/mol. The van der Waals surface area contributed by atoms with Crippen LogP contribution in [0.5, 0.6) is 0 Å². The molecule has 0 aliphatic carbocycles. The number of aryl methyl sites for hydroxylation is 1. The molecule has 2 aromatic rings. The van der Waals surface area contributed by atoms with E-state index in [0.29, 0.717) is 12.6 Å². The Morgan fingerprint density at radius 1 is 1.43 bits per heavy atom. The maximum absolute atomic E-state index is 12.2. The topological polar surface area (TPSA) is 45.2 Å². The van der Waals surface area contributed by atoms with Gasteiger partial charge in [-0.1, -0.05) is 17.7 Å². The Bertz CT molecular complexity index is 594. The lowest BCUT2D eigenvalue weighted by molar-refractivity contribution is 0.0951. The molecule has 1 aliphatic rings. The van der Waals surface area contributed by atoms with Crippen molar-refractivity contribution in [2.24, 2.45) is 0 Å². The van der Waals surface area contributed by atoms with Gasteiger partial charge in [0.15, 0.2) is 5.13 Å². The Labute approximate surface area is 128 Å². The van der Waals surface area contributed by atoms with E-state index in [1.165, 1.54) is 0 Å². The number of amides is 1. The molecule has 1 N–H and O–H groups in total. The Morgan fingerprint density at radius 2 is 2.24 bits per heavy atom. The first-order valence-corrected chi connectivity index (χ1v) is 8.13. The molecule has 2 heterocycles. The number of thiazole rings is 1. The van der Waals surface area contributed by atoms with Crippen LogP contribution in [0.15, 0.2) is 35.8 Å². The fourth-order valence-corrected chi connectivity index (χ4v) is 3.42. The van der Waals surface area contributed by atoms with E-state index in [1.807, 2.05) is 42.8 Å². The number of nitrogens with one attached hydrogen (secondary N) is 1. The maximum Gasteiger partial charge on any atom is 0.251 e. The van der Waals surface area contributed by atoms with E-state index in [2.05, 4.69) is 15.2 Å². The first-order valence-electron chi connectivity index (χ1n) is 7.25. The lowest BCUT2D eigenvalue weighted by Gasteiger charge is -2.24. The zero-order valence-corrected chi connectivity index (χ0v) is 12.9. The molecule has 3 rings (SSSR count). The number of benzene rings is 1. The monoisotopic (exact) mass is 301 g/mol. The molecular formula is C16H19N3OS.